The maximum atomic E-state index is 13.1. The molecule has 3 heterocycles. The minimum Gasteiger partial charge on any atom is -0.396 e. The van der Waals surface area contributed by atoms with Gasteiger partial charge in [0.2, 0.25) is 5.91 Å². The van der Waals surface area contributed by atoms with Gasteiger partial charge in [0.1, 0.15) is 12.4 Å². The molecule has 1 aromatic carbocycles. The zero-order chi connectivity index (χ0) is 22.8. The van der Waals surface area contributed by atoms with Crippen molar-refractivity contribution in [3.63, 3.8) is 0 Å². The van der Waals surface area contributed by atoms with E-state index in [1.54, 1.807) is 6.20 Å². The van der Waals surface area contributed by atoms with Crippen LogP contribution in [0.4, 0.5) is 5.69 Å². The molecule has 0 saturated heterocycles. The molecule has 1 aliphatic heterocycles. The van der Waals surface area contributed by atoms with E-state index in [9.17, 15) is 9.90 Å². The quantitative estimate of drug-likeness (QED) is 0.514. The lowest BCUT2D eigenvalue weighted by molar-refractivity contribution is -0.122. The van der Waals surface area contributed by atoms with Crippen molar-refractivity contribution in [1.29, 1.82) is 0 Å². The Bertz CT molecular complexity index is 1100. The van der Waals surface area contributed by atoms with Crippen molar-refractivity contribution >= 4 is 22.6 Å². The third-order valence-electron chi connectivity index (χ3n) is 7.23. The van der Waals surface area contributed by atoms with E-state index in [-0.39, 0.29) is 25.1 Å². The van der Waals surface area contributed by atoms with Crippen LogP contribution < -0.4 is 10.6 Å². The Morgan fingerprint density at radius 1 is 1.24 bits per heavy atom. The monoisotopic (exact) mass is 450 g/mol. The molecule has 33 heavy (non-hydrogen) atoms. The van der Waals surface area contributed by atoms with Gasteiger partial charge in [-0.15, -0.1) is 0 Å². The highest BCUT2D eigenvalue weighted by molar-refractivity contribution is 5.87. The summed E-state index contributed by atoms with van der Waals surface area (Å²) in [4.78, 5) is 18.1. The molecule has 8 heteroatoms. The molecule has 176 valence electrons. The number of aliphatic hydroxyl groups excluding tert-OH is 1. The Hall–Kier alpha value is -2.87. The lowest BCUT2D eigenvalue weighted by Gasteiger charge is -2.28. The molecule has 1 saturated carbocycles. The smallest absolute Gasteiger partial charge is 0.240 e. The van der Waals surface area contributed by atoms with Gasteiger partial charge in [-0.05, 0) is 69.6 Å². The van der Waals surface area contributed by atoms with Crippen LogP contribution in [0.5, 0.6) is 0 Å². The largest absolute Gasteiger partial charge is 0.396 e. The first-order valence-corrected chi connectivity index (χ1v) is 12.3. The van der Waals surface area contributed by atoms with E-state index >= 15 is 0 Å². The normalized spacial score (nSPS) is 22.7. The average Bonchev–Trinajstić information content (AvgIpc) is 3.46. The number of carbonyl (C=O) groups is 1. The van der Waals surface area contributed by atoms with Gasteiger partial charge >= 0.3 is 0 Å². The molecule has 1 amide bonds. The molecule has 0 bridgehead atoms. The van der Waals surface area contributed by atoms with Gasteiger partial charge in [0.15, 0.2) is 0 Å². The molecule has 3 N–H and O–H groups in total. The molecule has 3 aromatic rings. The fourth-order valence-corrected chi connectivity index (χ4v) is 5.30. The molecular formula is C25H34N6O2. The zero-order valence-corrected chi connectivity index (χ0v) is 19.3. The number of imidazole rings is 1. The van der Waals surface area contributed by atoms with Gasteiger partial charge in [-0.3, -0.25) is 9.48 Å². The average molecular weight is 451 g/mol. The molecule has 8 nitrogen and oxygen atoms in total. The second-order valence-corrected chi connectivity index (χ2v) is 9.64. The molecule has 0 unspecified atom stereocenters. The summed E-state index contributed by atoms with van der Waals surface area (Å²) >= 11 is 0. The van der Waals surface area contributed by atoms with Gasteiger partial charge in [-0.25, -0.2) is 4.98 Å². The Morgan fingerprint density at radius 2 is 2.09 bits per heavy atom. The first-order valence-electron chi connectivity index (χ1n) is 12.3. The number of carbonyl (C=O) groups excluding carboxylic acids is 1. The molecule has 1 atom stereocenters. The van der Waals surface area contributed by atoms with Crippen molar-refractivity contribution in [3.8, 4) is 0 Å². The summed E-state index contributed by atoms with van der Waals surface area (Å²) in [5.41, 5.74) is 4.46. The third kappa shape index (κ3) is 4.76. The van der Waals surface area contributed by atoms with Crippen molar-refractivity contribution in [2.75, 3.05) is 11.9 Å². The Kier molecular flexibility index (Phi) is 6.35. The van der Waals surface area contributed by atoms with E-state index < -0.39 is 0 Å². The number of amides is 1. The number of fused-ring (bicyclic) bond motifs is 3. The maximum Gasteiger partial charge on any atom is 0.240 e. The van der Waals surface area contributed by atoms with E-state index in [0.717, 1.165) is 67.6 Å². The first-order chi connectivity index (χ1) is 16.1. The van der Waals surface area contributed by atoms with Crippen LogP contribution >= 0.6 is 0 Å². The maximum absolute atomic E-state index is 13.1. The van der Waals surface area contributed by atoms with Gasteiger partial charge in [0.25, 0.3) is 0 Å². The van der Waals surface area contributed by atoms with Crippen molar-refractivity contribution in [3.05, 3.63) is 42.0 Å². The summed E-state index contributed by atoms with van der Waals surface area (Å²) < 4.78 is 3.99. The summed E-state index contributed by atoms with van der Waals surface area (Å²) in [5.74, 6) is 1.34. The number of hydrogen-bond acceptors (Lipinski definition) is 5. The number of anilines is 1. The van der Waals surface area contributed by atoms with Crippen LogP contribution in [0.15, 0.2) is 30.6 Å². The Labute approximate surface area is 194 Å². The van der Waals surface area contributed by atoms with Gasteiger partial charge in [-0.2, -0.15) is 5.10 Å². The van der Waals surface area contributed by atoms with E-state index in [1.165, 1.54) is 5.56 Å². The van der Waals surface area contributed by atoms with Crippen LogP contribution in [-0.4, -0.2) is 49.0 Å². The van der Waals surface area contributed by atoms with Crippen LogP contribution in [0.3, 0.4) is 0 Å². The molecule has 2 aliphatic rings. The number of nitrogens with one attached hydrogen (secondary N) is 2. The minimum atomic E-state index is 0.0338. The highest BCUT2D eigenvalue weighted by atomic mass is 16.3. The zero-order valence-electron chi connectivity index (χ0n) is 19.3. The minimum absolute atomic E-state index is 0.0338. The standard InChI is InChI=1S/C25H34N6O2/c1-17-3-8-20-21(27-17)9-10-22-25(20)29-23(11-14-30-13-2-12-26-30)31(22)15-24(33)28-19-6-4-18(16-32)5-7-19/h2,9-10,12-13,17-19,27,32H,3-8,11,14-16H2,1H3,(H,28,33)/t17-,18?,19?/m0/s1. The van der Waals surface area contributed by atoms with Crippen LogP contribution in [0.2, 0.25) is 0 Å². The van der Waals surface area contributed by atoms with E-state index in [1.807, 2.05) is 16.9 Å². The Morgan fingerprint density at radius 3 is 2.85 bits per heavy atom. The number of rotatable bonds is 7. The number of hydrogen-bond donors (Lipinski definition) is 3. The van der Waals surface area contributed by atoms with E-state index in [4.69, 9.17) is 4.98 Å². The lowest BCUT2D eigenvalue weighted by Crippen LogP contribution is -2.39. The summed E-state index contributed by atoms with van der Waals surface area (Å²) in [6, 6.07) is 6.81. The van der Waals surface area contributed by atoms with Crippen LogP contribution in [0, 0.1) is 5.92 Å². The predicted molar refractivity (Wildman–Crippen MR) is 128 cm³/mol. The van der Waals surface area contributed by atoms with Crippen LogP contribution in [-0.2, 0) is 30.7 Å². The predicted octanol–water partition coefficient (Wildman–Crippen LogP) is 2.89. The highest BCUT2D eigenvalue weighted by Gasteiger charge is 2.24. The van der Waals surface area contributed by atoms with Gasteiger partial charge in [0.05, 0.1) is 11.0 Å². The number of benzene rings is 1. The fraction of sp³-hybridized carbons (Fsp3) is 0.560. The van der Waals surface area contributed by atoms with Crippen molar-refractivity contribution in [2.24, 2.45) is 5.92 Å². The van der Waals surface area contributed by atoms with E-state index in [2.05, 4.69) is 39.4 Å². The molecule has 0 radical (unpaired) electrons. The topological polar surface area (TPSA) is 97.0 Å². The molecular weight excluding hydrogens is 416 g/mol. The van der Waals surface area contributed by atoms with Crippen molar-refractivity contribution < 1.29 is 9.90 Å². The summed E-state index contributed by atoms with van der Waals surface area (Å²) in [5, 5.41) is 20.5. The summed E-state index contributed by atoms with van der Waals surface area (Å²) in [6.07, 6.45) is 10.3. The van der Waals surface area contributed by atoms with E-state index in [0.29, 0.717) is 18.4 Å². The second-order valence-electron chi connectivity index (χ2n) is 9.64. The number of aliphatic hydroxyl groups is 1. The van der Waals surface area contributed by atoms with Crippen molar-refractivity contribution in [1.82, 2.24) is 24.6 Å². The van der Waals surface area contributed by atoms with Gasteiger partial charge in [0, 0.05) is 55.3 Å². The molecule has 1 aliphatic carbocycles. The number of nitrogens with zero attached hydrogens (tertiary/aromatic N) is 4. The van der Waals surface area contributed by atoms with Crippen molar-refractivity contribution in [2.45, 2.75) is 77.0 Å². The fourth-order valence-electron chi connectivity index (χ4n) is 5.30. The van der Waals surface area contributed by atoms with Crippen LogP contribution in [0.1, 0.15) is 50.4 Å². The lowest BCUT2D eigenvalue weighted by atomic mass is 9.86. The first kappa shape index (κ1) is 21.9. The highest BCUT2D eigenvalue weighted by Crippen LogP contribution is 2.32. The van der Waals surface area contributed by atoms with Crippen LogP contribution in [0.25, 0.3) is 11.0 Å². The van der Waals surface area contributed by atoms with Gasteiger partial charge in [-0.1, -0.05) is 0 Å². The molecule has 2 aromatic heterocycles. The third-order valence-corrected chi connectivity index (χ3v) is 7.23. The molecule has 1 fully saturated rings. The van der Waals surface area contributed by atoms with Gasteiger partial charge < -0.3 is 20.3 Å². The second kappa shape index (κ2) is 9.55. The Balaban J connectivity index is 1.39. The summed E-state index contributed by atoms with van der Waals surface area (Å²) in [7, 11) is 0. The SMILES string of the molecule is C[C@H]1CCc2c(ccc3c2nc(CCn2cccn2)n3CC(=O)NC2CCC(CO)CC2)N1. The molecule has 0 spiro atoms. The molecule has 5 rings (SSSR count). The number of aromatic nitrogens is 4. The summed E-state index contributed by atoms with van der Waals surface area (Å²) in [6.45, 7) is 3.45. The number of aryl methyl sites for hydroxylation is 3.